The van der Waals surface area contributed by atoms with Crippen molar-refractivity contribution in [2.75, 3.05) is 10.2 Å². The Morgan fingerprint density at radius 2 is 1.66 bits per heavy atom. The lowest BCUT2D eigenvalue weighted by Gasteiger charge is -2.16. The number of nitrogens with one attached hydrogen (secondary N) is 2. The number of thiocarbonyl (C=S) groups is 1. The molecule has 3 aromatic carbocycles. The van der Waals surface area contributed by atoms with Gasteiger partial charge in [0.2, 0.25) is 0 Å². The first-order valence-electron chi connectivity index (χ1n) is 11.0. The van der Waals surface area contributed by atoms with E-state index >= 15 is 0 Å². The van der Waals surface area contributed by atoms with E-state index in [-0.39, 0.29) is 33.0 Å². The standard InChI is InChI=1S/C26H15ClN4O6S/c27-19-13-15(30-24(33)17-6-1-2-7-18(17)25(30)34)8-9-20(19)28-26(38)29-23(32)22-11-10-21(37-22)14-4-3-5-16(12-14)31(35)36/h1-13H,(H2,28,29,32,38). The summed E-state index contributed by atoms with van der Waals surface area (Å²) in [5.41, 5.74) is 1.56. The zero-order chi connectivity index (χ0) is 27.0. The third-order valence-corrected chi connectivity index (χ3v) is 6.17. The van der Waals surface area contributed by atoms with Gasteiger partial charge in [-0.1, -0.05) is 35.9 Å². The summed E-state index contributed by atoms with van der Waals surface area (Å²) in [6, 6.07) is 19.8. The number of carbonyl (C=O) groups is 3. The van der Waals surface area contributed by atoms with E-state index < -0.39 is 22.6 Å². The molecule has 1 aromatic heterocycles. The van der Waals surface area contributed by atoms with Gasteiger partial charge in [-0.15, -0.1) is 0 Å². The molecule has 0 fully saturated rings. The van der Waals surface area contributed by atoms with Crippen molar-refractivity contribution in [2.45, 2.75) is 0 Å². The number of anilines is 2. The van der Waals surface area contributed by atoms with Crippen LogP contribution in [-0.2, 0) is 0 Å². The average Bonchev–Trinajstić information content (AvgIpc) is 3.49. The number of imide groups is 1. The van der Waals surface area contributed by atoms with Crippen molar-refractivity contribution in [1.82, 2.24) is 5.32 Å². The molecule has 188 valence electrons. The number of carbonyl (C=O) groups excluding carboxylic acids is 3. The van der Waals surface area contributed by atoms with Crippen LogP contribution in [0.3, 0.4) is 0 Å². The maximum absolute atomic E-state index is 12.7. The number of hydrogen-bond donors (Lipinski definition) is 2. The predicted octanol–water partition coefficient (Wildman–Crippen LogP) is 5.44. The van der Waals surface area contributed by atoms with Crippen LogP contribution in [0.5, 0.6) is 0 Å². The van der Waals surface area contributed by atoms with Gasteiger partial charge in [0.1, 0.15) is 5.76 Å². The molecule has 4 aromatic rings. The van der Waals surface area contributed by atoms with Crippen LogP contribution in [0.1, 0.15) is 31.3 Å². The number of rotatable bonds is 5. The SMILES string of the molecule is O=C(NC(=S)Nc1ccc(N2C(=O)c3ccccc3C2=O)cc1Cl)c1ccc(-c2cccc([N+](=O)[O-])c2)o1. The molecule has 1 aliphatic rings. The van der Waals surface area contributed by atoms with Gasteiger partial charge in [-0.25, -0.2) is 4.90 Å². The number of nitrogens with zero attached hydrogens (tertiary/aromatic N) is 2. The molecule has 3 amide bonds. The summed E-state index contributed by atoms with van der Waals surface area (Å²) < 4.78 is 5.54. The van der Waals surface area contributed by atoms with Crippen LogP contribution < -0.4 is 15.5 Å². The lowest BCUT2D eigenvalue weighted by molar-refractivity contribution is -0.384. The highest BCUT2D eigenvalue weighted by molar-refractivity contribution is 7.80. The van der Waals surface area contributed by atoms with Crippen molar-refractivity contribution in [3.05, 3.63) is 111 Å². The number of fused-ring (bicyclic) bond motifs is 1. The minimum atomic E-state index is -0.655. The lowest BCUT2D eigenvalue weighted by atomic mass is 10.1. The maximum Gasteiger partial charge on any atom is 0.293 e. The summed E-state index contributed by atoms with van der Waals surface area (Å²) in [5, 5.41) is 16.3. The molecule has 2 heterocycles. The average molecular weight is 547 g/mol. The number of hydrogen-bond acceptors (Lipinski definition) is 7. The molecule has 0 saturated heterocycles. The molecule has 5 rings (SSSR count). The fourth-order valence-corrected chi connectivity index (χ4v) is 4.30. The highest BCUT2D eigenvalue weighted by Gasteiger charge is 2.36. The predicted molar refractivity (Wildman–Crippen MR) is 144 cm³/mol. The molecule has 10 nitrogen and oxygen atoms in total. The Kier molecular flexibility index (Phi) is 6.45. The number of halogens is 1. The molecular weight excluding hydrogens is 532 g/mol. The highest BCUT2D eigenvalue weighted by Crippen LogP contribution is 2.33. The van der Waals surface area contributed by atoms with Crippen molar-refractivity contribution in [3.8, 4) is 11.3 Å². The fraction of sp³-hybridized carbons (Fsp3) is 0. The van der Waals surface area contributed by atoms with Crippen molar-refractivity contribution in [2.24, 2.45) is 0 Å². The molecule has 0 unspecified atom stereocenters. The molecule has 12 heteroatoms. The highest BCUT2D eigenvalue weighted by atomic mass is 35.5. The molecule has 38 heavy (non-hydrogen) atoms. The smallest absolute Gasteiger partial charge is 0.293 e. The Labute approximate surface area is 225 Å². The first kappa shape index (κ1) is 24.8. The number of amides is 3. The Morgan fingerprint density at radius 3 is 2.32 bits per heavy atom. The second-order valence-electron chi connectivity index (χ2n) is 8.04. The zero-order valence-corrected chi connectivity index (χ0v) is 20.7. The molecule has 0 radical (unpaired) electrons. The van der Waals surface area contributed by atoms with Crippen molar-refractivity contribution in [3.63, 3.8) is 0 Å². The van der Waals surface area contributed by atoms with Crippen LogP contribution >= 0.6 is 23.8 Å². The van der Waals surface area contributed by atoms with Crippen LogP contribution in [-0.4, -0.2) is 27.8 Å². The molecule has 0 saturated carbocycles. The van der Waals surface area contributed by atoms with Gasteiger partial charge in [-0.3, -0.25) is 29.8 Å². The molecule has 0 spiro atoms. The zero-order valence-electron chi connectivity index (χ0n) is 19.1. The third-order valence-electron chi connectivity index (χ3n) is 5.65. The van der Waals surface area contributed by atoms with E-state index in [0.29, 0.717) is 22.4 Å². The largest absolute Gasteiger partial charge is 0.451 e. The van der Waals surface area contributed by atoms with Gasteiger partial charge in [-0.05, 0) is 54.7 Å². The van der Waals surface area contributed by atoms with E-state index in [1.54, 1.807) is 30.3 Å². The van der Waals surface area contributed by atoms with Crippen molar-refractivity contribution in [1.29, 1.82) is 0 Å². The number of nitro groups is 1. The van der Waals surface area contributed by atoms with Gasteiger partial charge < -0.3 is 9.73 Å². The Bertz CT molecular complexity index is 1630. The normalized spacial score (nSPS) is 12.3. The summed E-state index contributed by atoms with van der Waals surface area (Å²) >= 11 is 11.6. The van der Waals surface area contributed by atoms with E-state index in [4.69, 9.17) is 28.2 Å². The van der Waals surface area contributed by atoms with Crippen LogP contribution in [0.15, 0.2) is 83.3 Å². The quantitative estimate of drug-likeness (QED) is 0.146. The second kappa shape index (κ2) is 9.88. The van der Waals surface area contributed by atoms with E-state index in [2.05, 4.69) is 10.6 Å². The molecule has 0 bridgehead atoms. The first-order chi connectivity index (χ1) is 18.2. The minimum absolute atomic E-state index is 0.0669. The fourth-order valence-electron chi connectivity index (χ4n) is 3.87. The van der Waals surface area contributed by atoms with Crippen LogP contribution in [0, 0.1) is 10.1 Å². The van der Waals surface area contributed by atoms with Crippen LogP contribution in [0.4, 0.5) is 17.1 Å². The minimum Gasteiger partial charge on any atom is -0.451 e. The van der Waals surface area contributed by atoms with Crippen LogP contribution in [0.25, 0.3) is 11.3 Å². The monoisotopic (exact) mass is 546 g/mol. The van der Waals surface area contributed by atoms with Gasteiger partial charge in [0.05, 0.1) is 32.4 Å². The molecular formula is C26H15ClN4O6S. The summed E-state index contributed by atoms with van der Waals surface area (Å²) in [6.45, 7) is 0. The van der Waals surface area contributed by atoms with Gasteiger partial charge in [0.15, 0.2) is 10.9 Å². The van der Waals surface area contributed by atoms with Crippen molar-refractivity contribution >= 4 is 63.7 Å². The van der Waals surface area contributed by atoms with Gasteiger partial charge in [0, 0.05) is 17.7 Å². The van der Waals surface area contributed by atoms with Crippen molar-refractivity contribution < 1.29 is 23.7 Å². The van der Waals surface area contributed by atoms with E-state index in [1.807, 2.05) is 0 Å². The van der Waals surface area contributed by atoms with E-state index in [0.717, 1.165) is 4.90 Å². The summed E-state index contributed by atoms with van der Waals surface area (Å²) in [5.74, 6) is -1.36. The first-order valence-corrected chi connectivity index (χ1v) is 11.8. The van der Waals surface area contributed by atoms with E-state index in [1.165, 1.54) is 48.5 Å². The summed E-state index contributed by atoms with van der Waals surface area (Å²) in [7, 11) is 0. The van der Waals surface area contributed by atoms with E-state index in [9.17, 15) is 24.5 Å². The maximum atomic E-state index is 12.7. The molecule has 0 aliphatic carbocycles. The number of nitro benzene ring substituents is 1. The lowest BCUT2D eigenvalue weighted by Crippen LogP contribution is -2.34. The second-order valence-corrected chi connectivity index (χ2v) is 8.85. The Hall–Kier alpha value is -4.87. The molecule has 2 N–H and O–H groups in total. The topological polar surface area (TPSA) is 135 Å². The van der Waals surface area contributed by atoms with Crippen LogP contribution in [0.2, 0.25) is 5.02 Å². The summed E-state index contributed by atoms with van der Waals surface area (Å²) in [4.78, 5) is 49.5. The van der Waals surface area contributed by atoms with Gasteiger partial charge in [0.25, 0.3) is 23.4 Å². The van der Waals surface area contributed by atoms with Gasteiger partial charge >= 0.3 is 0 Å². The third kappa shape index (κ3) is 4.63. The molecule has 0 atom stereocenters. The molecule has 1 aliphatic heterocycles. The number of non-ortho nitro benzene ring substituents is 1. The Morgan fingerprint density at radius 1 is 0.947 bits per heavy atom. The Balaban J connectivity index is 1.25. The number of furan rings is 1. The number of benzene rings is 3. The van der Waals surface area contributed by atoms with Gasteiger partial charge in [-0.2, -0.15) is 0 Å². The summed E-state index contributed by atoms with van der Waals surface area (Å²) in [6.07, 6.45) is 0.